The first-order chi connectivity index (χ1) is 19.5. The second kappa shape index (κ2) is 12.5. The number of allylic oxidation sites excluding steroid dienone is 1. The van der Waals surface area contributed by atoms with Crippen molar-refractivity contribution in [3.8, 4) is 11.5 Å². The number of amides is 2. The van der Waals surface area contributed by atoms with Crippen LogP contribution in [0.3, 0.4) is 0 Å². The zero-order valence-corrected chi connectivity index (χ0v) is 22.4. The Bertz CT molecular complexity index is 1340. The molecule has 0 radical (unpaired) electrons. The molecule has 0 saturated carbocycles. The first-order valence-electron chi connectivity index (χ1n) is 13.9. The number of fused-ring (bicyclic) bond motifs is 4. The Hall–Kier alpha value is -3.86. The van der Waals surface area contributed by atoms with E-state index >= 15 is 0 Å². The number of ether oxygens (including phenoxy) is 2. The number of aromatic nitrogens is 1. The van der Waals surface area contributed by atoms with E-state index < -0.39 is 35.0 Å². The summed E-state index contributed by atoms with van der Waals surface area (Å²) in [4.78, 5) is 41.3. The minimum atomic E-state index is -0.926. The second-order valence-electron chi connectivity index (χ2n) is 10.2. The summed E-state index contributed by atoms with van der Waals surface area (Å²) < 4.78 is 26.9. The van der Waals surface area contributed by atoms with Gasteiger partial charge in [0.2, 0.25) is 5.43 Å². The van der Waals surface area contributed by atoms with Crippen LogP contribution < -0.4 is 20.5 Å². The third kappa shape index (κ3) is 5.84. The molecular formula is C29H35FN4O6. The molecule has 2 N–H and O–H groups in total. The van der Waals surface area contributed by atoms with Gasteiger partial charge in [-0.05, 0) is 31.7 Å². The second-order valence-corrected chi connectivity index (χ2v) is 10.2. The van der Waals surface area contributed by atoms with Crippen LogP contribution in [0.1, 0.15) is 71.4 Å². The van der Waals surface area contributed by atoms with Crippen LogP contribution in [0.4, 0.5) is 4.39 Å². The Kier molecular flexibility index (Phi) is 8.69. The number of rotatable bonds is 0. The third-order valence-corrected chi connectivity index (χ3v) is 7.53. The first kappa shape index (κ1) is 27.7. The number of carbonyl (C=O) groups is 2. The van der Waals surface area contributed by atoms with Gasteiger partial charge in [-0.3, -0.25) is 24.1 Å². The standard InChI is InChI=1S/C29H35FN4O6/c30-21-11-10-20-17-31-28(37)22-18-34-25(27(36)26(22)35)29(38)32-13-15-39-19-24(32)33(34)12-8-6-4-2-1-3-5-7-9-14-40-23(20)16-21/h5,7,10-11,16,18,24,36H,1-4,6,8-9,12-15,17,19H2,(H,31,37)/b7-5-. The minimum absolute atomic E-state index is 0.0286. The van der Waals surface area contributed by atoms with E-state index in [4.69, 9.17) is 9.47 Å². The van der Waals surface area contributed by atoms with E-state index in [0.717, 1.165) is 38.5 Å². The molecule has 5 rings (SSSR count). The van der Waals surface area contributed by atoms with E-state index in [2.05, 4.69) is 17.5 Å². The van der Waals surface area contributed by atoms with Gasteiger partial charge in [-0.2, -0.15) is 0 Å². The average molecular weight is 555 g/mol. The highest BCUT2D eigenvalue weighted by Gasteiger charge is 2.42. The number of halogens is 1. The maximum atomic E-state index is 13.9. The average Bonchev–Trinajstić information content (AvgIpc) is 2.95. The number of nitrogens with zero attached hydrogens (tertiary/aromatic N) is 3. The Morgan fingerprint density at radius 1 is 0.975 bits per heavy atom. The Balaban J connectivity index is 1.48. The van der Waals surface area contributed by atoms with Crippen LogP contribution >= 0.6 is 0 Å². The molecule has 4 heterocycles. The zero-order chi connectivity index (χ0) is 28.1. The maximum absolute atomic E-state index is 13.9. The molecule has 2 amide bonds. The molecular weight excluding hydrogens is 519 g/mol. The lowest BCUT2D eigenvalue weighted by Gasteiger charge is -2.48. The molecule has 11 heteroatoms. The van der Waals surface area contributed by atoms with Gasteiger partial charge >= 0.3 is 0 Å². The predicted molar refractivity (Wildman–Crippen MR) is 146 cm³/mol. The largest absolute Gasteiger partial charge is 0.502 e. The number of benzene rings is 1. The lowest BCUT2D eigenvalue weighted by molar-refractivity contribution is -0.0173. The highest BCUT2D eigenvalue weighted by atomic mass is 19.1. The van der Waals surface area contributed by atoms with Crippen molar-refractivity contribution in [2.24, 2.45) is 0 Å². The molecule has 1 saturated heterocycles. The first-order valence-corrected chi connectivity index (χ1v) is 13.9. The third-order valence-electron chi connectivity index (χ3n) is 7.53. The summed E-state index contributed by atoms with van der Waals surface area (Å²) in [5.41, 5.74) is -0.841. The van der Waals surface area contributed by atoms with Gasteiger partial charge < -0.3 is 24.8 Å². The van der Waals surface area contributed by atoms with Crippen LogP contribution in [-0.2, 0) is 11.3 Å². The summed E-state index contributed by atoms with van der Waals surface area (Å²) in [6, 6.07) is 4.06. The fourth-order valence-corrected chi connectivity index (χ4v) is 5.38. The van der Waals surface area contributed by atoms with Gasteiger partial charge in [0, 0.05) is 37.5 Å². The fourth-order valence-electron chi connectivity index (χ4n) is 5.38. The number of hydrogen-bond acceptors (Lipinski definition) is 7. The highest BCUT2D eigenvalue weighted by Crippen LogP contribution is 2.27. The van der Waals surface area contributed by atoms with Gasteiger partial charge in [0.15, 0.2) is 11.4 Å². The molecule has 1 aromatic carbocycles. The predicted octanol–water partition coefficient (Wildman–Crippen LogP) is 3.05. The number of aromatic hydroxyl groups is 1. The van der Waals surface area contributed by atoms with E-state index in [1.54, 1.807) is 4.90 Å². The molecule has 1 fully saturated rings. The number of morpholine rings is 1. The Morgan fingerprint density at radius 2 is 1.77 bits per heavy atom. The summed E-state index contributed by atoms with van der Waals surface area (Å²) in [5, 5.41) is 15.5. The molecule has 1 unspecified atom stereocenters. The molecule has 0 aliphatic carbocycles. The van der Waals surface area contributed by atoms with Gasteiger partial charge in [-0.25, -0.2) is 4.39 Å². The van der Waals surface area contributed by atoms with Crippen molar-refractivity contribution >= 4 is 11.8 Å². The van der Waals surface area contributed by atoms with Crippen molar-refractivity contribution in [2.75, 3.05) is 37.9 Å². The Labute approximate surface area is 231 Å². The molecule has 2 aromatic rings. The van der Waals surface area contributed by atoms with Crippen molar-refractivity contribution in [1.82, 2.24) is 14.9 Å². The topological polar surface area (TPSA) is 113 Å². The molecule has 1 atom stereocenters. The number of nitrogens with one attached hydrogen (secondary N) is 1. The van der Waals surface area contributed by atoms with Gasteiger partial charge in [-0.15, -0.1) is 0 Å². The SMILES string of the molecule is O=C1NCc2ccc(F)cc2OCC/C=C\CCCCCCCN2C3COCCN3C(=O)c3c(O)c(=O)c1cn32. The summed E-state index contributed by atoms with van der Waals surface area (Å²) in [6.45, 7) is 1.85. The van der Waals surface area contributed by atoms with Crippen LogP contribution in [-0.4, -0.2) is 65.6 Å². The van der Waals surface area contributed by atoms with E-state index in [9.17, 15) is 23.9 Å². The summed E-state index contributed by atoms with van der Waals surface area (Å²) in [7, 11) is 0. The zero-order valence-electron chi connectivity index (χ0n) is 22.4. The van der Waals surface area contributed by atoms with E-state index in [1.807, 2.05) is 5.01 Å². The van der Waals surface area contributed by atoms with Crippen LogP contribution in [0.15, 0.2) is 41.3 Å². The van der Waals surface area contributed by atoms with E-state index in [0.29, 0.717) is 44.0 Å². The van der Waals surface area contributed by atoms with E-state index in [1.165, 1.54) is 29.1 Å². The van der Waals surface area contributed by atoms with Crippen molar-refractivity contribution in [2.45, 2.75) is 57.7 Å². The monoisotopic (exact) mass is 554 g/mol. The number of pyridine rings is 1. The van der Waals surface area contributed by atoms with Crippen molar-refractivity contribution in [3.63, 3.8) is 0 Å². The van der Waals surface area contributed by atoms with Crippen LogP contribution in [0.2, 0.25) is 0 Å². The number of carbonyl (C=O) groups excluding carboxylic acids is 2. The molecule has 40 heavy (non-hydrogen) atoms. The van der Waals surface area contributed by atoms with Crippen molar-refractivity contribution in [3.05, 3.63) is 69.4 Å². The van der Waals surface area contributed by atoms with Gasteiger partial charge in [0.05, 0.1) is 19.8 Å². The van der Waals surface area contributed by atoms with Gasteiger partial charge in [-0.1, -0.05) is 37.5 Å². The lowest BCUT2D eigenvalue weighted by atomic mass is 10.1. The molecule has 10 nitrogen and oxygen atoms in total. The normalized spacial score (nSPS) is 21.8. The van der Waals surface area contributed by atoms with Crippen molar-refractivity contribution in [1.29, 1.82) is 0 Å². The summed E-state index contributed by atoms with van der Waals surface area (Å²) >= 11 is 0. The number of hydrogen-bond donors (Lipinski definition) is 2. The van der Waals surface area contributed by atoms with Crippen LogP contribution in [0.5, 0.6) is 11.5 Å². The Morgan fingerprint density at radius 3 is 2.65 bits per heavy atom. The van der Waals surface area contributed by atoms with Gasteiger partial charge in [0.25, 0.3) is 11.8 Å². The van der Waals surface area contributed by atoms with Crippen LogP contribution in [0.25, 0.3) is 0 Å². The molecule has 1 aromatic heterocycles. The molecule has 214 valence electrons. The highest BCUT2D eigenvalue weighted by molar-refractivity contribution is 5.99. The van der Waals surface area contributed by atoms with Crippen LogP contribution in [0, 0.1) is 5.82 Å². The quantitative estimate of drug-likeness (QED) is 0.482. The fraction of sp³-hybridized carbons (Fsp3) is 0.483. The molecule has 3 aliphatic rings. The maximum Gasteiger partial charge on any atom is 0.278 e. The van der Waals surface area contributed by atoms with Crippen molar-refractivity contribution < 1.29 is 28.6 Å². The van der Waals surface area contributed by atoms with Gasteiger partial charge in [0.1, 0.15) is 23.3 Å². The summed E-state index contributed by atoms with van der Waals surface area (Å²) in [6.07, 6.45) is 11.7. The summed E-state index contributed by atoms with van der Waals surface area (Å²) in [5.74, 6) is -2.12. The molecule has 3 aliphatic heterocycles. The smallest absolute Gasteiger partial charge is 0.278 e. The van der Waals surface area contributed by atoms with E-state index in [-0.39, 0.29) is 24.4 Å². The minimum Gasteiger partial charge on any atom is -0.502 e. The molecule has 2 bridgehead atoms. The molecule has 0 spiro atoms. The lowest BCUT2D eigenvalue weighted by Crippen LogP contribution is -2.65.